The number of rotatable bonds is 8. The van der Waals surface area contributed by atoms with Crippen molar-refractivity contribution in [3.63, 3.8) is 0 Å². The third kappa shape index (κ3) is 5.43. The number of carbonyl (C=O) groups is 2. The molecule has 0 bridgehead atoms. The Morgan fingerprint density at radius 1 is 0.818 bits per heavy atom. The highest BCUT2D eigenvalue weighted by Crippen LogP contribution is 2.44. The van der Waals surface area contributed by atoms with Crippen molar-refractivity contribution in [1.82, 2.24) is 5.32 Å². The van der Waals surface area contributed by atoms with Crippen molar-refractivity contribution >= 4 is 12.1 Å². The molecule has 0 heterocycles. The monoisotopic (exact) mass is 443 g/mol. The van der Waals surface area contributed by atoms with E-state index in [2.05, 4.69) is 29.6 Å². The van der Waals surface area contributed by atoms with Gasteiger partial charge in [-0.2, -0.15) is 0 Å². The van der Waals surface area contributed by atoms with Gasteiger partial charge in [0.15, 0.2) is 0 Å². The second-order valence-corrected chi connectivity index (χ2v) is 8.75. The van der Waals surface area contributed by atoms with Crippen molar-refractivity contribution in [3.05, 3.63) is 95.6 Å². The van der Waals surface area contributed by atoms with Gasteiger partial charge in [0.2, 0.25) is 0 Å². The van der Waals surface area contributed by atoms with E-state index in [1.165, 1.54) is 11.1 Å². The molecular formula is C28H29NO4. The largest absolute Gasteiger partial charge is 0.459 e. The zero-order valence-corrected chi connectivity index (χ0v) is 19.0. The third-order valence-electron chi connectivity index (χ3n) is 5.85. The second-order valence-electron chi connectivity index (χ2n) is 8.75. The van der Waals surface area contributed by atoms with Gasteiger partial charge in [0.1, 0.15) is 19.3 Å². The van der Waals surface area contributed by atoms with Gasteiger partial charge in [-0.3, -0.25) is 0 Å². The smallest absolute Gasteiger partial charge is 0.407 e. The lowest BCUT2D eigenvalue weighted by Gasteiger charge is -2.20. The van der Waals surface area contributed by atoms with E-state index >= 15 is 0 Å². The summed E-state index contributed by atoms with van der Waals surface area (Å²) in [6.45, 7) is 4.36. The minimum atomic E-state index is -0.760. The molecule has 0 spiro atoms. The molecule has 5 nitrogen and oxygen atoms in total. The van der Waals surface area contributed by atoms with Crippen LogP contribution in [0.25, 0.3) is 11.1 Å². The Morgan fingerprint density at radius 3 is 2.00 bits per heavy atom. The van der Waals surface area contributed by atoms with Gasteiger partial charge in [0.05, 0.1) is 0 Å². The minimum Gasteiger partial charge on any atom is -0.459 e. The first-order valence-corrected chi connectivity index (χ1v) is 11.3. The van der Waals surface area contributed by atoms with Crippen LogP contribution >= 0.6 is 0 Å². The van der Waals surface area contributed by atoms with Gasteiger partial charge in [-0.25, -0.2) is 9.59 Å². The van der Waals surface area contributed by atoms with Gasteiger partial charge in [0, 0.05) is 5.92 Å². The molecule has 1 aliphatic carbocycles. The molecule has 0 aliphatic heterocycles. The molecule has 0 radical (unpaired) electrons. The number of nitrogens with one attached hydrogen (secondary N) is 1. The summed E-state index contributed by atoms with van der Waals surface area (Å²) in [5, 5.41) is 2.72. The van der Waals surface area contributed by atoms with Gasteiger partial charge in [-0.05, 0) is 40.2 Å². The lowest BCUT2D eigenvalue weighted by Crippen LogP contribution is -2.43. The summed E-state index contributed by atoms with van der Waals surface area (Å²) in [4.78, 5) is 25.3. The Kier molecular flexibility index (Phi) is 7.08. The molecule has 4 rings (SSSR count). The van der Waals surface area contributed by atoms with Crippen molar-refractivity contribution in [2.75, 3.05) is 6.61 Å². The van der Waals surface area contributed by atoms with Gasteiger partial charge in [0.25, 0.3) is 0 Å². The van der Waals surface area contributed by atoms with Crippen LogP contribution in [0.4, 0.5) is 4.79 Å². The number of hydrogen-bond acceptors (Lipinski definition) is 4. The summed E-state index contributed by atoms with van der Waals surface area (Å²) in [5.41, 5.74) is 5.53. The van der Waals surface area contributed by atoms with Crippen molar-refractivity contribution in [2.45, 2.75) is 38.8 Å². The molecule has 0 fully saturated rings. The number of amides is 1. The summed E-state index contributed by atoms with van der Waals surface area (Å²) in [5.74, 6) is -0.286. The molecule has 0 aromatic heterocycles. The first-order valence-electron chi connectivity index (χ1n) is 11.3. The standard InChI is InChI=1S/C28H29NO4/c1-19(2)16-26(27(30)32-17-20-10-4-3-5-11-20)29-28(31)33-18-25-23-14-8-6-12-21(23)22-13-7-9-15-24(22)25/h3-15,19,25-26H,16-18H2,1-2H3,(H,29,31)/t26-/m0/s1. The normalized spacial score (nSPS) is 13.2. The minimum absolute atomic E-state index is 0.0308. The maximum Gasteiger partial charge on any atom is 0.407 e. The van der Waals surface area contributed by atoms with E-state index in [0.29, 0.717) is 6.42 Å². The Balaban J connectivity index is 1.38. The maximum absolute atomic E-state index is 12.7. The van der Waals surface area contributed by atoms with Crippen LogP contribution in [-0.4, -0.2) is 24.7 Å². The van der Waals surface area contributed by atoms with E-state index in [1.54, 1.807) is 0 Å². The van der Waals surface area contributed by atoms with Crippen LogP contribution in [0.5, 0.6) is 0 Å². The van der Waals surface area contributed by atoms with Crippen molar-refractivity contribution in [1.29, 1.82) is 0 Å². The number of esters is 1. The van der Waals surface area contributed by atoms with Crippen LogP contribution in [-0.2, 0) is 20.9 Å². The van der Waals surface area contributed by atoms with Gasteiger partial charge < -0.3 is 14.8 Å². The molecule has 170 valence electrons. The topological polar surface area (TPSA) is 64.6 Å². The van der Waals surface area contributed by atoms with E-state index in [4.69, 9.17) is 9.47 Å². The van der Waals surface area contributed by atoms with E-state index in [-0.39, 0.29) is 25.0 Å². The Hall–Kier alpha value is -3.60. The van der Waals surface area contributed by atoms with Gasteiger partial charge >= 0.3 is 12.1 Å². The molecule has 1 aliphatic rings. The average molecular weight is 444 g/mol. The molecule has 1 N–H and O–H groups in total. The molecule has 1 amide bonds. The summed E-state index contributed by atoms with van der Waals surface area (Å²) in [6.07, 6.45) is -0.142. The van der Waals surface area contributed by atoms with Gasteiger partial charge in [-0.15, -0.1) is 0 Å². The SMILES string of the molecule is CC(C)C[C@H](NC(=O)OCC1c2ccccc2-c2ccccc21)C(=O)OCc1ccccc1. The fourth-order valence-electron chi connectivity index (χ4n) is 4.30. The zero-order valence-electron chi connectivity index (χ0n) is 19.0. The number of fused-ring (bicyclic) bond motifs is 3. The van der Waals surface area contributed by atoms with E-state index < -0.39 is 18.1 Å². The fraction of sp³-hybridized carbons (Fsp3) is 0.286. The molecule has 0 unspecified atom stereocenters. The predicted octanol–water partition coefficient (Wildman–Crippen LogP) is 5.68. The van der Waals surface area contributed by atoms with Crippen LogP contribution < -0.4 is 5.32 Å². The molecule has 5 heteroatoms. The van der Waals surface area contributed by atoms with Crippen molar-refractivity contribution in [2.24, 2.45) is 5.92 Å². The van der Waals surface area contributed by atoms with Crippen molar-refractivity contribution < 1.29 is 19.1 Å². The summed E-state index contributed by atoms with van der Waals surface area (Å²) >= 11 is 0. The molecule has 1 atom stereocenters. The lowest BCUT2D eigenvalue weighted by molar-refractivity contribution is -0.147. The number of alkyl carbamates (subject to hydrolysis) is 1. The third-order valence-corrected chi connectivity index (χ3v) is 5.85. The van der Waals surface area contributed by atoms with Crippen LogP contribution in [0.2, 0.25) is 0 Å². The van der Waals surface area contributed by atoms with Crippen LogP contribution in [0.1, 0.15) is 42.9 Å². The number of hydrogen-bond donors (Lipinski definition) is 1. The fourth-order valence-corrected chi connectivity index (χ4v) is 4.30. The lowest BCUT2D eigenvalue weighted by atomic mass is 9.98. The Labute approximate surface area is 194 Å². The average Bonchev–Trinajstić information content (AvgIpc) is 3.15. The second kappa shape index (κ2) is 10.3. The maximum atomic E-state index is 12.7. The molecule has 3 aromatic carbocycles. The van der Waals surface area contributed by atoms with Crippen molar-refractivity contribution in [3.8, 4) is 11.1 Å². The van der Waals surface area contributed by atoms with E-state index in [0.717, 1.165) is 16.7 Å². The zero-order chi connectivity index (χ0) is 23.2. The highest BCUT2D eigenvalue weighted by atomic mass is 16.6. The highest BCUT2D eigenvalue weighted by molar-refractivity contribution is 5.82. The Bertz CT molecular complexity index is 1060. The Morgan fingerprint density at radius 2 is 1.39 bits per heavy atom. The van der Waals surface area contributed by atoms with E-state index in [1.807, 2.05) is 68.4 Å². The quantitative estimate of drug-likeness (QED) is 0.455. The summed E-state index contributed by atoms with van der Waals surface area (Å²) in [6, 6.07) is 25.1. The van der Waals surface area contributed by atoms with Crippen LogP contribution in [0.3, 0.4) is 0 Å². The van der Waals surface area contributed by atoms with Gasteiger partial charge in [-0.1, -0.05) is 92.7 Å². The number of ether oxygens (including phenoxy) is 2. The molecule has 0 saturated heterocycles. The molecule has 33 heavy (non-hydrogen) atoms. The summed E-state index contributed by atoms with van der Waals surface area (Å²) in [7, 11) is 0. The molecular weight excluding hydrogens is 414 g/mol. The molecule has 0 saturated carbocycles. The van der Waals surface area contributed by atoms with Crippen LogP contribution in [0.15, 0.2) is 78.9 Å². The highest BCUT2D eigenvalue weighted by Gasteiger charge is 2.30. The van der Waals surface area contributed by atoms with Crippen LogP contribution in [0, 0.1) is 5.92 Å². The predicted molar refractivity (Wildman–Crippen MR) is 128 cm³/mol. The van der Waals surface area contributed by atoms with E-state index in [9.17, 15) is 9.59 Å². The number of carbonyl (C=O) groups excluding carboxylic acids is 2. The number of benzene rings is 3. The first kappa shape index (κ1) is 22.6. The first-order chi connectivity index (χ1) is 16.0. The molecule has 3 aromatic rings. The summed E-state index contributed by atoms with van der Waals surface area (Å²) < 4.78 is 11.1.